The molecule has 0 unspecified atom stereocenters. The van der Waals surface area contributed by atoms with E-state index in [0.717, 1.165) is 24.2 Å². The van der Waals surface area contributed by atoms with E-state index in [0.29, 0.717) is 13.2 Å². The Kier molecular flexibility index (Phi) is 6.56. The van der Waals surface area contributed by atoms with Gasteiger partial charge in [-0.1, -0.05) is 38.3 Å². The normalized spacial score (nSPS) is 22.2. The molecular weight excluding hydrogens is 260 g/mol. The molecule has 1 aliphatic rings. The van der Waals surface area contributed by atoms with Gasteiger partial charge >= 0.3 is 0 Å². The Labute approximate surface area is 129 Å². The standard InChI is InChI=1S/C19H30O2/c1-15-6-4-8-18(14-15)10-11-20-12-13-21-19-9-5-7-16(2)17(19)3/h5,7,9,15,18H,4,6,8,10-14H2,1-3H3/t15-,18-/m0/s1. The van der Waals surface area contributed by atoms with Gasteiger partial charge in [0.05, 0.1) is 6.61 Å². The Hall–Kier alpha value is -1.02. The molecule has 0 amide bonds. The fraction of sp³-hybridized carbons (Fsp3) is 0.684. The summed E-state index contributed by atoms with van der Waals surface area (Å²) in [4.78, 5) is 0. The lowest BCUT2D eigenvalue weighted by molar-refractivity contribution is 0.0831. The van der Waals surface area contributed by atoms with Gasteiger partial charge in [-0.25, -0.2) is 0 Å². The second-order valence-corrected chi connectivity index (χ2v) is 6.59. The SMILES string of the molecule is Cc1cccc(OCCOCC[C@@H]2CCC[C@H](C)C2)c1C. The van der Waals surface area contributed by atoms with E-state index >= 15 is 0 Å². The fourth-order valence-electron chi connectivity index (χ4n) is 3.27. The zero-order valence-corrected chi connectivity index (χ0v) is 13.9. The third-order valence-electron chi connectivity index (χ3n) is 4.76. The van der Waals surface area contributed by atoms with Gasteiger partial charge in [0.15, 0.2) is 0 Å². The Morgan fingerprint density at radius 3 is 2.76 bits per heavy atom. The molecule has 1 aliphatic carbocycles. The monoisotopic (exact) mass is 290 g/mol. The molecule has 2 rings (SSSR count). The fourth-order valence-corrected chi connectivity index (χ4v) is 3.27. The first-order chi connectivity index (χ1) is 10.2. The Bertz CT molecular complexity index is 428. The highest BCUT2D eigenvalue weighted by atomic mass is 16.5. The van der Waals surface area contributed by atoms with E-state index in [-0.39, 0.29) is 0 Å². The van der Waals surface area contributed by atoms with Crippen molar-refractivity contribution in [1.82, 2.24) is 0 Å². The van der Waals surface area contributed by atoms with Crippen LogP contribution >= 0.6 is 0 Å². The van der Waals surface area contributed by atoms with E-state index in [2.05, 4.69) is 26.8 Å². The minimum absolute atomic E-state index is 0.644. The summed E-state index contributed by atoms with van der Waals surface area (Å²) in [5, 5.41) is 0. The molecule has 0 aromatic heterocycles. The van der Waals surface area contributed by atoms with Gasteiger partial charge in [0.25, 0.3) is 0 Å². The molecule has 0 bridgehead atoms. The van der Waals surface area contributed by atoms with Crippen molar-refractivity contribution in [3.05, 3.63) is 29.3 Å². The van der Waals surface area contributed by atoms with Gasteiger partial charge in [0.2, 0.25) is 0 Å². The van der Waals surface area contributed by atoms with Crippen molar-refractivity contribution < 1.29 is 9.47 Å². The second-order valence-electron chi connectivity index (χ2n) is 6.59. The van der Waals surface area contributed by atoms with Crippen LogP contribution in [0, 0.1) is 25.7 Å². The number of hydrogen-bond acceptors (Lipinski definition) is 2. The van der Waals surface area contributed by atoms with E-state index in [9.17, 15) is 0 Å². The predicted molar refractivity (Wildman–Crippen MR) is 88.0 cm³/mol. The van der Waals surface area contributed by atoms with Crippen molar-refractivity contribution in [2.75, 3.05) is 19.8 Å². The molecule has 1 aromatic carbocycles. The van der Waals surface area contributed by atoms with Crippen molar-refractivity contribution in [2.24, 2.45) is 11.8 Å². The Morgan fingerprint density at radius 1 is 1.10 bits per heavy atom. The van der Waals surface area contributed by atoms with Crippen molar-refractivity contribution in [1.29, 1.82) is 0 Å². The minimum atomic E-state index is 0.644. The third-order valence-corrected chi connectivity index (χ3v) is 4.76. The van der Waals surface area contributed by atoms with E-state index in [1.807, 2.05) is 12.1 Å². The van der Waals surface area contributed by atoms with Crippen molar-refractivity contribution in [3.63, 3.8) is 0 Å². The molecule has 1 saturated carbocycles. The van der Waals surface area contributed by atoms with Gasteiger partial charge < -0.3 is 9.47 Å². The van der Waals surface area contributed by atoms with Gasteiger partial charge in [-0.2, -0.15) is 0 Å². The van der Waals surface area contributed by atoms with Gasteiger partial charge in [-0.3, -0.25) is 0 Å². The zero-order valence-electron chi connectivity index (χ0n) is 13.9. The van der Waals surface area contributed by atoms with Gasteiger partial charge in [0, 0.05) is 6.61 Å². The lowest BCUT2D eigenvalue weighted by atomic mass is 9.81. The molecular formula is C19H30O2. The molecule has 0 aliphatic heterocycles. The quantitative estimate of drug-likeness (QED) is 0.664. The van der Waals surface area contributed by atoms with Crippen LogP contribution in [0.15, 0.2) is 18.2 Å². The van der Waals surface area contributed by atoms with Gasteiger partial charge in [0.1, 0.15) is 12.4 Å². The lowest BCUT2D eigenvalue weighted by Crippen LogP contribution is -2.16. The molecule has 0 heterocycles. The molecule has 2 atom stereocenters. The largest absolute Gasteiger partial charge is 0.491 e. The summed E-state index contributed by atoms with van der Waals surface area (Å²) in [6.07, 6.45) is 6.82. The number of aryl methyl sites for hydroxylation is 1. The maximum absolute atomic E-state index is 5.80. The van der Waals surface area contributed by atoms with Gasteiger partial charge in [-0.05, 0) is 55.7 Å². The summed E-state index contributed by atoms with van der Waals surface area (Å²) in [6.45, 7) is 8.82. The van der Waals surface area contributed by atoms with Crippen LogP contribution in [0.5, 0.6) is 5.75 Å². The van der Waals surface area contributed by atoms with Crippen LogP contribution in [0.2, 0.25) is 0 Å². The number of ether oxygens (including phenoxy) is 2. The van der Waals surface area contributed by atoms with Crippen LogP contribution in [-0.2, 0) is 4.74 Å². The molecule has 2 heteroatoms. The molecule has 0 N–H and O–H groups in total. The molecule has 1 aromatic rings. The first-order valence-electron chi connectivity index (χ1n) is 8.43. The summed E-state index contributed by atoms with van der Waals surface area (Å²) in [5.74, 6) is 2.78. The Morgan fingerprint density at radius 2 is 1.95 bits per heavy atom. The van der Waals surface area contributed by atoms with Crippen LogP contribution in [-0.4, -0.2) is 19.8 Å². The average molecular weight is 290 g/mol. The number of hydrogen-bond donors (Lipinski definition) is 0. The molecule has 1 fully saturated rings. The van der Waals surface area contributed by atoms with Crippen LogP contribution in [0.4, 0.5) is 0 Å². The molecule has 0 saturated heterocycles. The Balaban J connectivity index is 1.57. The maximum atomic E-state index is 5.80. The van der Waals surface area contributed by atoms with E-state index in [1.165, 1.54) is 43.2 Å². The predicted octanol–water partition coefficient (Wildman–Crippen LogP) is 4.92. The topological polar surface area (TPSA) is 18.5 Å². The van der Waals surface area contributed by atoms with Crippen LogP contribution < -0.4 is 4.74 Å². The molecule has 118 valence electrons. The summed E-state index contributed by atoms with van der Waals surface area (Å²) >= 11 is 0. The molecule has 2 nitrogen and oxygen atoms in total. The van der Waals surface area contributed by atoms with Crippen molar-refractivity contribution in [2.45, 2.75) is 52.9 Å². The third kappa shape index (κ3) is 5.35. The highest BCUT2D eigenvalue weighted by molar-refractivity contribution is 5.38. The van der Waals surface area contributed by atoms with Crippen LogP contribution in [0.25, 0.3) is 0 Å². The summed E-state index contributed by atoms with van der Waals surface area (Å²) in [6, 6.07) is 6.19. The molecule has 0 radical (unpaired) electrons. The zero-order chi connectivity index (χ0) is 15.1. The maximum Gasteiger partial charge on any atom is 0.122 e. The van der Waals surface area contributed by atoms with Gasteiger partial charge in [-0.15, -0.1) is 0 Å². The highest BCUT2D eigenvalue weighted by Gasteiger charge is 2.18. The van der Waals surface area contributed by atoms with E-state index in [4.69, 9.17) is 9.47 Å². The summed E-state index contributed by atoms with van der Waals surface area (Å²) in [5.41, 5.74) is 2.51. The minimum Gasteiger partial charge on any atom is -0.491 e. The van der Waals surface area contributed by atoms with Crippen molar-refractivity contribution in [3.8, 4) is 5.75 Å². The number of benzene rings is 1. The number of rotatable bonds is 7. The smallest absolute Gasteiger partial charge is 0.122 e. The van der Waals surface area contributed by atoms with E-state index < -0.39 is 0 Å². The lowest BCUT2D eigenvalue weighted by Gasteiger charge is -2.26. The van der Waals surface area contributed by atoms with Crippen LogP contribution in [0.1, 0.15) is 50.2 Å². The summed E-state index contributed by atoms with van der Waals surface area (Å²) < 4.78 is 11.5. The first kappa shape index (κ1) is 16.4. The van der Waals surface area contributed by atoms with Crippen LogP contribution in [0.3, 0.4) is 0 Å². The summed E-state index contributed by atoms with van der Waals surface area (Å²) in [7, 11) is 0. The first-order valence-corrected chi connectivity index (χ1v) is 8.43. The highest BCUT2D eigenvalue weighted by Crippen LogP contribution is 2.30. The molecule has 21 heavy (non-hydrogen) atoms. The average Bonchev–Trinajstić information content (AvgIpc) is 2.47. The van der Waals surface area contributed by atoms with Crippen molar-refractivity contribution >= 4 is 0 Å². The second kappa shape index (κ2) is 8.43. The molecule has 0 spiro atoms. The van der Waals surface area contributed by atoms with E-state index in [1.54, 1.807) is 0 Å².